The monoisotopic (exact) mass is 276 g/mol. The third-order valence-corrected chi connectivity index (χ3v) is 12.0. The van der Waals surface area contributed by atoms with Gasteiger partial charge in [-0.05, 0) is 43.3 Å². The second kappa shape index (κ2) is 2.67. The van der Waals surface area contributed by atoms with Gasteiger partial charge in [0.1, 0.15) is 0 Å². The molecule has 4 atom stereocenters. The van der Waals surface area contributed by atoms with Crippen LogP contribution in [0.15, 0.2) is 0 Å². The summed E-state index contributed by atoms with van der Waals surface area (Å²) in [6.07, 6.45) is 0. The van der Waals surface area contributed by atoms with Gasteiger partial charge in [-0.2, -0.15) is 0 Å². The van der Waals surface area contributed by atoms with Crippen molar-refractivity contribution in [2.45, 2.75) is 83.1 Å². The number of hydrogen-bond acceptors (Lipinski definition) is 0. The van der Waals surface area contributed by atoms with Crippen LogP contribution in [0.5, 0.6) is 0 Å². The molecule has 3 aliphatic rings. The summed E-state index contributed by atoms with van der Waals surface area (Å²) in [5.74, 6) is 0. The normalized spacial score (nSPS) is 59.4. The van der Waals surface area contributed by atoms with E-state index in [1.165, 1.54) is 0 Å². The molecule has 0 aliphatic heterocycles. The molecule has 0 aromatic rings. The molecule has 0 spiro atoms. The van der Waals surface area contributed by atoms with E-state index in [9.17, 15) is 0 Å². The first-order valence-electron chi connectivity index (χ1n) is 8.50. The lowest BCUT2D eigenvalue weighted by Gasteiger charge is -2.58. The Kier molecular flexibility index (Phi) is 1.99. The smallest absolute Gasteiger partial charge is 0.0140 e. The third-order valence-electron chi connectivity index (χ3n) is 12.0. The van der Waals surface area contributed by atoms with Crippen molar-refractivity contribution >= 4 is 0 Å². The lowest BCUT2D eigenvalue weighted by Crippen LogP contribution is -2.53. The van der Waals surface area contributed by atoms with Crippen LogP contribution in [-0.4, -0.2) is 0 Å². The van der Waals surface area contributed by atoms with Gasteiger partial charge in [0.2, 0.25) is 0 Å². The fourth-order valence-electron chi connectivity index (χ4n) is 9.41. The zero-order chi connectivity index (χ0) is 16.0. The molecule has 0 aromatic carbocycles. The number of fused-ring (bicyclic) bond motifs is 5. The molecule has 0 heterocycles. The zero-order valence-electron chi connectivity index (χ0n) is 16.0. The molecule has 0 nitrogen and oxygen atoms in total. The molecule has 3 saturated carbocycles. The Morgan fingerprint density at radius 3 is 0.700 bits per heavy atom. The van der Waals surface area contributed by atoms with Crippen LogP contribution < -0.4 is 0 Å². The fourth-order valence-corrected chi connectivity index (χ4v) is 9.41. The van der Waals surface area contributed by atoms with Crippen LogP contribution in [0.3, 0.4) is 0 Å². The average Bonchev–Trinajstić information content (AvgIpc) is 2.59. The minimum atomic E-state index is 0.347. The maximum absolute atomic E-state index is 2.62. The average molecular weight is 277 g/mol. The van der Waals surface area contributed by atoms with Crippen molar-refractivity contribution in [1.29, 1.82) is 0 Å². The molecule has 3 rings (SSSR count). The van der Waals surface area contributed by atoms with E-state index in [2.05, 4.69) is 83.1 Å². The van der Waals surface area contributed by atoms with E-state index in [1.807, 2.05) is 0 Å². The Morgan fingerprint density at radius 2 is 0.450 bits per heavy atom. The van der Waals surface area contributed by atoms with E-state index in [-0.39, 0.29) is 0 Å². The van der Waals surface area contributed by atoms with Gasteiger partial charge in [0, 0.05) is 0 Å². The van der Waals surface area contributed by atoms with E-state index in [4.69, 9.17) is 0 Å². The molecule has 20 heavy (non-hydrogen) atoms. The van der Waals surface area contributed by atoms with Crippen molar-refractivity contribution in [2.75, 3.05) is 0 Å². The fraction of sp³-hybridized carbons (Fsp3) is 1.00. The quantitative estimate of drug-likeness (QED) is 0.497. The molecule has 0 heteroatoms. The molecule has 4 unspecified atom stereocenters. The van der Waals surface area contributed by atoms with E-state index in [0.29, 0.717) is 43.3 Å². The molecule has 2 bridgehead atoms. The standard InChI is InChI=1S/C20H36/c1-13(2)14(3,4)18(10)15(5,6)17(13,9)19(11)16(7,8)20(18,19)12/h1-12H3. The van der Waals surface area contributed by atoms with Crippen LogP contribution >= 0.6 is 0 Å². The SMILES string of the molecule is CC1(C)C(C)(C)C2(C)C(C)(C)C1(C)C1(C)C(C)(C)C21C. The van der Waals surface area contributed by atoms with Gasteiger partial charge >= 0.3 is 0 Å². The summed E-state index contributed by atoms with van der Waals surface area (Å²) in [5, 5.41) is 0. The van der Waals surface area contributed by atoms with Crippen LogP contribution in [0.4, 0.5) is 0 Å². The van der Waals surface area contributed by atoms with E-state index in [1.54, 1.807) is 0 Å². The van der Waals surface area contributed by atoms with Gasteiger partial charge in [0.05, 0.1) is 0 Å². The molecule has 0 amide bonds. The largest absolute Gasteiger partial charge is 0.0588 e. The van der Waals surface area contributed by atoms with Gasteiger partial charge in [-0.1, -0.05) is 83.1 Å². The molecular weight excluding hydrogens is 240 g/mol. The van der Waals surface area contributed by atoms with Gasteiger partial charge in [-0.15, -0.1) is 0 Å². The Bertz CT molecular complexity index is 476. The van der Waals surface area contributed by atoms with Crippen LogP contribution in [0.1, 0.15) is 83.1 Å². The predicted octanol–water partition coefficient (Wildman–Crippen LogP) is 6.16. The van der Waals surface area contributed by atoms with Gasteiger partial charge < -0.3 is 0 Å². The van der Waals surface area contributed by atoms with E-state index >= 15 is 0 Å². The maximum atomic E-state index is 2.62. The molecule has 3 fully saturated rings. The minimum absolute atomic E-state index is 0.347. The molecule has 0 aromatic heterocycles. The highest BCUT2D eigenvalue weighted by molar-refractivity contribution is 5.49. The molecule has 0 N–H and O–H groups in total. The lowest BCUT2D eigenvalue weighted by molar-refractivity contribution is -0.105. The summed E-state index contributed by atoms with van der Waals surface area (Å²) >= 11 is 0. The first kappa shape index (κ1) is 14.9. The van der Waals surface area contributed by atoms with Crippen LogP contribution in [0, 0.1) is 43.3 Å². The Labute approximate surface area is 127 Å². The lowest BCUT2D eigenvalue weighted by atomic mass is 9.46. The summed E-state index contributed by atoms with van der Waals surface area (Å²) in [5.41, 5.74) is 3.10. The van der Waals surface area contributed by atoms with Gasteiger partial charge in [0.25, 0.3) is 0 Å². The van der Waals surface area contributed by atoms with Gasteiger partial charge in [-0.25, -0.2) is 0 Å². The number of rotatable bonds is 0. The van der Waals surface area contributed by atoms with Crippen molar-refractivity contribution in [2.24, 2.45) is 43.3 Å². The predicted molar refractivity (Wildman–Crippen MR) is 87.6 cm³/mol. The van der Waals surface area contributed by atoms with Crippen LogP contribution in [-0.2, 0) is 0 Å². The number of hydrogen-bond donors (Lipinski definition) is 0. The second-order valence-electron chi connectivity index (χ2n) is 11.0. The molecular formula is C20H36. The van der Waals surface area contributed by atoms with Crippen molar-refractivity contribution in [3.05, 3.63) is 0 Å². The van der Waals surface area contributed by atoms with Crippen LogP contribution in [0.25, 0.3) is 0 Å². The summed E-state index contributed by atoms with van der Waals surface area (Å²) in [7, 11) is 0. The Morgan fingerprint density at radius 1 is 0.250 bits per heavy atom. The maximum Gasteiger partial charge on any atom is -0.0140 e. The van der Waals surface area contributed by atoms with E-state index < -0.39 is 0 Å². The summed E-state index contributed by atoms with van der Waals surface area (Å²) in [4.78, 5) is 0. The first-order valence-corrected chi connectivity index (χ1v) is 8.50. The highest BCUT2D eigenvalue weighted by Crippen LogP contribution is 3.07. The zero-order valence-corrected chi connectivity index (χ0v) is 16.0. The van der Waals surface area contributed by atoms with E-state index in [0.717, 1.165) is 0 Å². The van der Waals surface area contributed by atoms with Crippen molar-refractivity contribution in [3.8, 4) is 0 Å². The van der Waals surface area contributed by atoms with Crippen LogP contribution in [0.2, 0.25) is 0 Å². The highest BCUT2D eigenvalue weighted by atomic mass is 15.1. The molecule has 3 aliphatic carbocycles. The topological polar surface area (TPSA) is 0 Å². The Balaban J connectivity index is 2.49. The summed E-state index contributed by atoms with van der Waals surface area (Å²) < 4.78 is 0. The van der Waals surface area contributed by atoms with Gasteiger partial charge in [-0.3, -0.25) is 0 Å². The van der Waals surface area contributed by atoms with Crippen molar-refractivity contribution in [3.63, 3.8) is 0 Å². The second-order valence-corrected chi connectivity index (χ2v) is 11.0. The summed E-state index contributed by atoms with van der Waals surface area (Å²) in [6.45, 7) is 30.9. The molecule has 116 valence electrons. The van der Waals surface area contributed by atoms with Gasteiger partial charge in [0.15, 0.2) is 0 Å². The van der Waals surface area contributed by atoms with Crippen molar-refractivity contribution < 1.29 is 0 Å². The van der Waals surface area contributed by atoms with Crippen molar-refractivity contribution in [1.82, 2.24) is 0 Å². The third kappa shape index (κ3) is 0.672. The first-order chi connectivity index (χ1) is 8.50. The summed E-state index contributed by atoms with van der Waals surface area (Å²) in [6, 6.07) is 0. The highest BCUT2D eigenvalue weighted by Gasteiger charge is 3.03. The molecule has 0 radical (unpaired) electrons. The Hall–Kier alpha value is 0. The molecule has 0 saturated heterocycles. The minimum Gasteiger partial charge on any atom is -0.0588 e.